The number of nitrogens with one attached hydrogen (secondary N) is 1. The first-order valence-electron chi connectivity index (χ1n) is 7.87. The van der Waals surface area contributed by atoms with E-state index in [0.717, 1.165) is 5.56 Å². The Bertz CT molecular complexity index is 619. The van der Waals surface area contributed by atoms with Gasteiger partial charge in [0.25, 0.3) is 0 Å². The minimum Gasteiger partial charge on any atom is -0.286 e. The van der Waals surface area contributed by atoms with Crippen molar-refractivity contribution in [3.63, 3.8) is 0 Å². The van der Waals surface area contributed by atoms with Gasteiger partial charge in [-0.1, -0.05) is 43.7 Å². The summed E-state index contributed by atoms with van der Waals surface area (Å²) in [6.07, 6.45) is 2.18. The summed E-state index contributed by atoms with van der Waals surface area (Å²) >= 11 is 0. The third-order valence-corrected chi connectivity index (χ3v) is 4.89. The smallest absolute Gasteiger partial charge is 0.238 e. The van der Waals surface area contributed by atoms with Crippen LogP contribution in [0.4, 0.5) is 0 Å². The van der Waals surface area contributed by atoms with Crippen LogP contribution in [-0.4, -0.2) is 43.3 Å². The zero-order chi connectivity index (χ0) is 18.0. The lowest BCUT2D eigenvalue weighted by Gasteiger charge is -2.19. The molecule has 0 bridgehead atoms. The van der Waals surface area contributed by atoms with Gasteiger partial charge in [-0.3, -0.25) is 19.5 Å². The van der Waals surface area contributed by atoms with Gasteiger partial charge < -0.3 is 0 Å². The number of nitrogens with zero attached hydrogens (tertiary/aromatic N) is 1. The highest BCUT2D eigenvalue weighted by molar-refractivity contribution is 7.90. The van der Waals surface area contributed by atoms with E-state index in [4.69, 9.17) is 0 Å². The molecule has 1 rings (SSSR count). The molecule has 8 heteroatoms. The molecule has 1 atom stereocenters. The van der Waals surface area contributed by atoms with Crippen molar-refractivity contribution >= 4 is 22.3 Å². The van der Waals surface area contributed by atoms with Crippen molar-refractivity contribution in [2.24, 2.45) is 5.92 Å². The Kier molecular flexibility index (Phi) is 8.42. The van der Waals surface area contributed by atoms with E-state index in [-0.39, 0.29) is 18.7 Å². The highest BCUT2D eigenvalue weighted by atomic mass is 32.2. The maximum Gasteiger partial charge on any atom is 0.238 e. The van der Waals surface area contributed by atoms with Gasteiger partial charge in [-0.05, 0) is 24.8 Å². The normalized spacial score (nSPS) is 12.4. The molecular formula is C16H24N2O5S. The molecule has 1 aromatic carbocycles. The van der Waals surface area contributed by atoms with Crippen LogP contribution in [-0.2, 0) is 26.0 Å². The number of amides is 2. The maximum atomic E-state index is 12.3. The third kappa shape index (κ3) is 7.56. The number of sulfonamides is 1. The lowest BCUT2D eigenvalue weighted by Crippen LogP contribution is -2.41. The molecular weight excluding hydrogens is 332 g/mol. The second-order valence-electron chi connectivity index (χ2n) is 5.59. The molecule has 24 heavy (non-hydrogen) atoms. The first-order valence-corrected chi connectivity index (χ1v) is 9.52. The van der Waals surface area contributed by atoms with Crippen molar-refractivity contribution in [2.75, 3.05) is 12.3 Å². The highest BCUT2D eigenvalue weighted by Crippen LogP contribution is 2.12. The molecule has 1 aromatic rings. The molecule has 0 spiro atoms. The summed E-state index contributed by atoms with van der Waals surface area (Å²) in [6, 6.07) is 9.38. The fraction of sp³-hybridized carbons (Fsp3) is 0.500. The summed E-state index contributed by atoms with van der Waals surface area (Å²) in [5.74, 6) is -1.66. The van der Waals surface area contributed by atoms with Crippen molar-refractivity contribution in [3.8, 4) is 0 Å². The molecule has 0 aliphatic carbocycles. The van der Waals surface area contributed by atoms with Crippen LogP contribution in [0.15, 0.2) is 30.3 Å². The van der Waals surface area contributed by atoms with E-state index in [1.807, 2.05) is 42.0 Å². The van der Waals surface area contributed by atoms with Crippen LogP contribution < -0.4 is 4.72 Å². The van der Waals surface area contributed by atoms with Gasteiger partial charge in [0.15, 0.2) is 0 Å². The summed E-state index contributed by atoms with van der Waals surface area (Å²) in [4.78, 5) is 22.8. The Hall–Kier alpha value is -1.93. The molecule has 0 saturated carbocycles. The number of carbonyl (C=O) groups is 2. The minimum absolute atomic E-state index is 0.128. The van der Waals surface area contributed by atoms with E-state index >= 15 is 0 Å². The molecule has 0 radical (unpaired) electrons. The highest BCUT2D eigenvalue weighted by Gasteiger charge is 2.24. The third-order valence-electron chi connectivity index (χ3n) is 3.55. The first kappa shape index (κ1) is 20.1. The van der Waals surface area contributed by atoms with Gasteiger partial charge in [0.1, 0.15) is 0 Å². The fourth-order valence-electron chi connectivity index (χ4n) is 2.18. The largest absolute Gasteiger partial charge is 0.286 e. The Morgan fingerprint density at radius 3 is 2.58 bits per heavy atom. The van der Waals surface area contributed by atoms with Crippen molar-refractivity contribution in [3.05, 3.63) is 35.9 Å². The van der Waals surface area contributed by atoms with Crippen molar-refractivity contribution < 1.29 is 23.2 Å². The Labute approximate surface area is 142 Å². The van der Waals surface area contributed by atoms with Crippen LogP contribution in [0.1, 0.15) is 31.7 Å². The first-order chi connectivity index (χ1) is 11.4. The number of hydrogen-bond acceptors (Lipinski definition) is 5. The van der Waals surface area contributed by atoms with E-state index in [1.165, 1.54) is 0 Å². The quantitative estimate of drug-likeness (QED) is 0.354. The zero-order valence-corrected chi connectivity index (χ0v) is 14.5. The summed E-state index contributed by atoms with van der Waals surface area (Å²) in [7, 11) is -3.70. The Balaban J connectivity index is 2.73. The lowest BCUT2D eigenvalue weighted by atomic mass is 9.99. The number of hydrogen-bond donors (Lipinski definition) is 2. The second-order valence-corrected chi connectivity index (χ2v) is 7.43. The van der Waals surface area contributed by atoms with Crippen LogP contribution in [0.2, 0.25) is 0 Å². The average molecular weight is 356 g/mol. The van der Waals surface area contributed by atoms with E-state index in [0.29, 0.717) is 30.7 Å². The molecule has 1 unspecified atom stereocenters. The molecule has 0 saturated heterocycles. The number of hydroxylamine groups is 2. The SMILES string of the molecule is CCCCS(=O)(=O)NC(=O)C(CCc1ccccc1)CN(O)C=O. The van der Waals surface area contributed by atoms with Gasteiger partial charge in [-0.15, -0.1) is 0 Å². The van der Waals surface area contributed by atoms with Crippen molar-refractivity contribution in [2.45, 2.75) is 32.6 Å². The molecule has 7 nitrogen and oxygen atoms in total. The van der Waals surface area contributed by atoms with Crippen LogP contribution in [0, 0.1) is 5.92 Å². The topological polar surface area (TPSA) is 104 Å². The molecule has 2 amide bonds. The molecule has 0 aromatic heterocycles. The number of unbranched alkanes of at least 4 members (excludes halogenated alkanes) is 1. The number of carbonyl (C=O) groups excluding carboxylic acids is 2. The number of benzene rings is 1. The van der Waals surface area contributed by atoms with Gasteiger partial charge in [0, 0.05) is 0 Å². The molecule has 134 valence electrons. The molecule has 0 aliphatic rings. The Morgan fingerprint density at radius 2 is 2.00 bits per heavy atom. The molecule has 0 aliphatic heterocycles. The van der Waals surface area contributed by atoms with Crippen LogP contribution in [0.25, 0.3) is 0 Å². The standard InChI is InChI=1S/C16H24N2O5S/c1-2-3-11-24(22,23)17-16(20)15(12-18(21)13-19)10-9-14-7-5-4-6-8-14/h4-8,13,15,21H,2-3,9-12H2,1H3,(H,17,20). The van der Waals surface area contributed by atoms with Gasteiger partial charge >= 0.3 is 0 Å². The van der Waals surface area contributed by atoms with E-state index in [1.54, 1.807) is 0 Å². The fourth-order valence-corrected chi connectivity index (χ4v) is 3.43. The van der Waals surface area contributed by atoms with Gasteiger partial charge in [-0.2, -0.15) is 0 Å². The Morgan fingerprint density at radius 1 is 1.33 bits per heavy atom. The van der Waals surface area contributed by atoms with Crippen LogP contribution in [0.3, 0.4) is 0 Å². The number of rotatable bonds is 11. The monoisotopic (exact) mass is 356 g/mol. The predicted molar refractivity (Wildman–Crippen MR) is 89.6 cm³/mol. The van der Waals surface area contributed by atoms with Crippen molar-refractivity contribution in [1.82, 2.24) is 9.79 Å². The van der Waals surface area contributed by atoms with Gasteiger partial charge in [0.05, 0.1) is 18.2 Å². The summed E-state index contributed by atoms with van der Waals surface area (Å²) in [6.45, 7) is 1.60. The minimum atomic E-state index is -3.70. The summed E-state index contributed by atoms with van der Waals surface area (Å²) < 4.78 is 25.7. The van der Waals surface area contributed by atoms with Gasteiger partial charge in [0.2, 0.25) is 22.3 Å². The summed E-state index contributed by atoms with van der Waals surface area (Å²) in [5, 5.41) is 9.71. The summed E-state index contributed by atoms with van der Waals surface area (Å²) in [5.41, 5.74) is 0.986. The number of aryl methyl sites for hydroxylation is 1. The van der Waals surface area contributed by atoms with Crippen molar-refractivity contribution in [1.29, 1.82) is 0 Å². The molecule has 0 fully saturated rings. The van der Waals surface area contributed by atoms with E-state index in [2.05, 4.69) is 0 Å². The van der Waals surface area contributed by atoms with E-state index in [9.17, 15) is 23.2 Å². The van der Waals surface area contributed by atoms with E-state index < -0.39 is 21.8 Å². The predicted octanol–water partition coefficient (Wildman–Crippen LogP) is 1.33. The second kappa shape index (κ2) is 10.0. The van der Waals surface area contributed by atoms with Crippen LogP contribution >= 0.6 is 0 Å². The average Bonchev–Trinajstić information content (AvgIpc) is 2.57. The van der Waals surface area contributed by atoms with Crippen LogP contribution in [0.5, 0.6) is 0 Å². The molecule has 2 N–H and O–H groups in total. The zero-order valence-electron chi connectivity index (χ0n) is 13.7. The van der Waals surface area contributed by atoms with Gasteiger partial charge in [-0.25, -0.2) is 13.5 Å². The maximum absolute atomic E-state index is 12.3. The molecule has 0 heterocycles. The lowest BCUT2D eigenvalue weighted by molar-refractivity contribution is -0.154.